The van der Waals surface area contributed by atoms with E-state index < -0.39 is 5.56 Å². The highest BCUT2D eigenvalue weighted by Crippen LogP contribution is 2.26. The number of rotatable bonds is 3. The summed E-state index contributed by atoms with van der Waals surface area (Å²) in [6, 6.07) is 1.74. The molecule has 2 aromatic rings. The van der Waals surface area contributed by atoms with Crippen molar-refractivity contribution in [2.24, 2.45) is 0 Å². The van der Waals surface area contributed by atoms with Crippen LogP contribution in [-0.2, 0) is 6.42 Å². The maximum atomic E-state index is 12.5. The van der Waals surface area contributed by atoms with Gasteiger partial charge in [0, 0.05) is 15.5 Å². The van der Waals surface area contributed by atoms with Crippen molar-refractivity contribution in [1.82, 2.24) is 4.98 Å². The van der Waals surface area contributed by atoms with E-state index in [1.807, 2.05) is 12.3 Å². The van der Waals surface area contributed by atoms with Crippen molar-refractivity contribution in [3.63, 3.8) is 0 Å². The fourth-order valence-electron chi connectivity index (χ4n) is 2.03. The van der Waals surface area contributed by atoms with Crippen LogP contribution in [0.3, 0.4) is 0 Å². The summed E-state index contributed by atoms with van der Waals surface area (Å²) in [4.78, 5) is 27.5. The topological polar surface area (TPSA) is 75.9 Å². The number of nitrogens with one attached hydrogen (secondary N) is 1. The van der Waals surface area contributed by atoms with Crippen LogP contribution in [-0.4, -0.2) is 10.8 Å². The lowest BCUT2D eigenvalue weighted by atomic mass is 9.98. The summed E-state index contributed by atoms with van der Waals surface area (Å²) in [5.74, 6) is -0.195. The lowest BCUT2D eigenvalue weighted by Crippen LogP contribution is -2.21. The maximum absolute atomic E-state index is 12.5. The molecular formula is C13H13BrN2O2S. The fraction of sp³-hybridized carbons (Fsp3) is 0.231. The van der Waals surface area contributed by atoms with Crippen LogP contribution in [0.4, 0.5) is 5.69 Å². The van der Waals surface area contributed by atoms with Crippen LogP contribution < -0.4 is 11.3 Å². The van der Waals surface area contributed by atoms with Crippen molar-refractivity contribution in [2.45, 2.75) is 20.3 Å². The second-order valence-corrected chi connectivity index (χ2v) is 5.99. The third-order valence-corrected chi connectivity index (χ3v) is 4.63. The third-order valence-electron chi connectivity index (χ3n) is 2.94. The first-order chi connectivity index (χ1) is 8.95. The number of thiophene rings is 1. The van der Waals surface area contributed by atoms with Gasteiger partial charge >= 0.3 is 0 Å². The fourth-order valence-corrected chi connectivity index (χ4v) is 3.41. The lowest BCUT2D eigenvalue weighted by Gasteiger charge is -2.11. The van der Waals surface area contributed by atoms with E-state index in [1.54, 1.807) is 13.0 Å². The van der Waals surface area contributed by atoms with Gasteiger partial charge in [0.05, 0.1) is 10.4 Å². The molecule has 0 radical (unpaired) electrons. The Labute approximate surface area is 122 Å². The Morgan fingerprint density at radius 3 is 2.74 bits per heavy atom. The molecular weight excluding hydrogens is 328 g/mol. The Hall–Kier alpha value is -1.40. The number of hydrogen-bond donors (Lipinski definition) is 2. The van der Waals surface area contributed by atoms with E-state index in [-0.39, 0.29) is 11.5 Å². The molecule has 0 bridgehead atoms. The molecule has 0 unspecified atom stereocenters. The number of carbonyl (C=O) groups excluding carboxylic acids is 1. The summed E-state index contributed by atoms with van der Waals surface area (Å²) < 4.78 is 0.846. The average Bonchev–Trinajstić information content (AvgIpc) is 2.79. The van der Waals surface area contributed by atoms with E-state index in [1.165, 1.54) is 11.3 Å². The smallest absolute Gasteiger partial charge is 0.272 e. The van der Waals surface area contributed by atoms with Crippen LogP contribution in [0.2, 0.25) is 0 Å². The number of aromatic nitrogens is 1. The number of halogens is 1. The third kappa shape index (κ3) is 2.50. The molecule has 6 heteroatoms. The first-order valence-corrected chi connectivity index (χ1v) is 7.43. The number of pyridine rings is 1. The van der Waals surface area contributed by atoms with Crippen LogP contribution in [0.25, 0.3) is 0 Å². The Kier molecular flexibility index (Phi) is 3.91. The van der Waals surface area contributed by atoms with Crippen LogP contribution in [0.5, 0.6) is 0 Å². The standard InChI is InChI=1S/C13H13BrN2O2S/c1-3-8-6(2)16-13(18)11(15)10(8)12(17)9-4-7(14)5-19-9/h4-5H,3,15H2,1-2H3,(H,16,18). The van der Waals surface area contributed by atoms with Crippen LogP contribution in [0.15, 0.2) is 20.7 Å². The molecule has 0 spiro atoms. The molecule has 100 valence electrons. The zero-order chi connectivity index (χ0) is 14.2. The molecule has 0 aliphatic rings. The van der Waals surface area contributed by atoms with Gasteiger partial charge in [-0.3, -0.25) is 9.59 Å². The molecule has 2 heterocycles. The number of hydrogen-bond acceptors (Lipinski definition) is 4. The van der Waals surface area contributed by atoms with Crippen LogP contribution >= 0.6 is 27.3 Å². The van der Waals surface area contributed by atoms with Gasteiger partial charge in [-0.15, -0.1) is 11.3 Å². The second kappa shape index (κ2) is 5.30. The van der Waals surface area contributed by atoms with E-state index in [0.717, 1.165) is 10.0 Å². The SMILES string of the molecule is CCc1c(C)[nH]c(=O)c(N)c1C(=O)c1cc(Br)cs1. The van der Waals surface area contributed by atoms with Gasteiger partial charge < -0.3 is 10.7 Å². The summed E-state index contributed by atoms with van der Waals surface area (Å²) in [5, 5.41) is 1.83. The van der Waals surface area contributed by atoms with E-state index in [9.17, 15) is 9.59 Å². The normalized spacial score (nSPS) is 10.7. The Balaban J connectivity index is 2.68. The predicted octanol–water partition coefficient (Wildman–Crippen LogP) is 2.88. The Morgan fingerprint density at radius 2 is 2.21 bits per heavy atom. The second-order valence-electron chi connectivity index (χ2n) is 4.16. The minimum absolute atomic E-state index is 0.00280. The van der Waals surface area contributed by atoms with E-state index in [4.69, 9.17) is 5.73 Å². The quantitative estimate of drug-likeness (QED) is 0.843. The van der Waals surface area contributed by atoms with Crippen molar-refractivity contribution in [3.8, 4) is 0 Å². The van der Waals surface area contributed by atoms with E-state index in [0.29, 0.717) is 22.6 Å². The highest BCUT2D eigenvalue weighted by molar-refractivity contribution is 9.10. The summed E-state index contributed by atoms with van der Waals surface area (Å²) in [7, 11) is 0. The minimum Gasteiger partial charge on any atom is -0.394 e. The molecule has 0 saturated heterocycles. The highest BCUT2D eigenvalue weighted by Gasteiger charge is 2.21. The van der Waals surface area contributed by atoms with Crippen molar-refractivity contribution in [3.05, 3.63) is 48.0 Å². The summed E-state index contributed by atoms with van der Waals surface area (Å²) in [5.41, 5.74) is 7.21. The molecule has 0 fully saturated rings. The van der Waals surface area contributed by atoms with Crippen molar-refractivity contribution < 1.29 is 4.79 Å². The van der Waals surface area contributed by atoms with Gasteiger partial charge in [0.2, 0.25) is 5.78 Å². The van der Waals surface area contributed by atoms with Crippen molar-refractivity contribution >= 4 is 38.7 Å². The largest absolute Gasteiger partial charge is 0.394 e. The lowest BCUT2D eigenvalue weighted by molar-refractivity contribution is 0.104. The number of aromatic amines is 1. The van der Waals surface area contributed by atoms with Crippen LogP contribution in [0.1, 0.15) is 33.4 Å². The predicted molar refractivity (Wildman–Crippen MR) is 81.0 cm³/mol. The zero-order valence-electron chi connectivity index (χ0n) is 10.5. The molecule has 0 amide bonds. The van der Waals surface area contributed by atoms with E-state index in [2.05, 4.69) is 20.9 Å². The van der Waals surface area contributed by atoms with Crippen LogP contribution in [0, 0.1) is 6.92 Å². The molecule has 0 atom stereocenters. The summed E-state index contributed by atoms with van der Waals surface area (Å²) in [6.07, 6.45) is 0.639. The molecule has 0 aliphatic carbocycles. The number of nitrogen functional groups attached to an aromatic ring is 1. The molecule has 4 nitrogen and oxygen atoms in total. The molecule has 0 aliphatic heterocycles. The summed E-state index contributed by atoms with van der Waals surface area (Å²) >= 11 is 4.64. The van der Waals surface area contributed by atoms with E-state index >= 15 is 0 Å². The maximum Gasteiger partial charge on any atom is 0.272 e. The average molecular weight is 341 g/mol. The molecule has 0 aromatic carbocycles. The Morgan fingerprint density at radius 1 is 1.53 bits per heavy atom. The van der Waals surface area contributed by atoms with Gasteiger partial charge in [0.15, 0.2) is 0 Å². The van der Waals surface area contributed by atoms with Gasteiger partial charge in [0.1, 0.15) is 5.69 Å². The molecule has 3 N–H and O–H groups in total. The first-order valence-electron chi connectivity index (χ1n) is 5.75. The Bertz CT molecular complexity index is 703. The highest BCUT2D eigenvalue weighted by atomic mass is 79.9. The number of carbonyl (C=O) groups is 1. The summed E-state index contributed by atoms with van der Waals surface area (Å²) in [6.45, 7) is 3.71. The van der Waals surface area contributed by atoms with Crippen molar-refractivity contribution in [2.75, 3.05) is 5.73 Å². The van der Waals surface area contributed by atoms with Crippen molar-refractivity contribution in [1.29, 1.82) is 0 Å². The number of ketones is 1. The number of anilines is 1. The minimum atomic E-state index is -0.409. The molecule has 2 aromatic heterocycles. The van der Waals surface area contributed by atoms with Gasteiger partial charge in [-0.25, -0.2) is 0 Å². The monoisotopic (exact) mass is 340 g/mol. The number of nitrogens with two attached hydrogens (primary N) is 1. The number of aryl methyl sites for hydroxylation is 1. The molecule has 0 saturated carbocycles. The van der Waals surface area contributed by atoms with Gasteiger partial charge in [-0.05, 0) is 40.9 Å². The number of H-pyrrole nitrogens is 1. The van der Waals surface area contributed by atoms with Gasteiger partial charge in [-0.2, -0.15) is 0 Å². The molecule has 2 rings (SSSR count). The van der Waals surface area contributed by atoms with Gasteiger partial charge in [0.25, 0.3) is 5.56 Å². The zero-order valence-corrected chi connectivity index (χ0v) is 12.9. The first kappa shape index (κ1) is 14.0. The molecule has 19 heavy (non-hydrogen) atoms. The van der Waals surface area contributed by atoms with Gasteiger partial charge in [-0.1, -0.05) is 6.92 Å².